The molecule has 6 atom stereocenters. The SMILES string of the molecule is CC#CC[C@@H](C)[C@H](O)/C=C/[C@@H]1[C@H]2C/C(=C/CNCCN(C)C)C[C@H]2C[C@H]1O. The molecule has 0 spiro atoms. The molecule has 0 saturated heterocycles. The van der Waals surface area contributed by atoms with Crippen molar-refractivity contribution in [1.82, 2.24) is 10.2 Å². The molecule has 2 saturated carbocycles. The van der Waals surface area contributed by atoms with Gasteiger partial charge < -0.3 is 20.4 Å². The first-order valence-corrected chi connectivity index (χ1v) is 10.4. The Balaban J connectivity index is 1.85. The molecule has 4 heteroatoms. The van der Waals surface area contributed by atoms with E-state index in [4.69, 9.17) is 0 Å². The summed E-state index contributed by atoms with van der Waals surface area (Å²) in [4.78, 5) is 2.18. The first kappa shape index (κ1) is 22.2. The van der Waals surface area contributed by atoms with Crippen molar-refractivity contribution in [2.24, 2.45) is 23.7 Å². The van der Waals surface area contributed by atoms with Gasteiger partial charge >= 0.3 is 0 Å². The Kier molecular flexibility index (Phi) is 9.05. The molecule has 0 aromatic rings. The van der Waals surface area contributed by atoms with E-state index in [1.54, 1.807) is 0 Å². The van der Waals surface area contributed by atoms with Crippen molar-refractivity contribution in [2.45, 2.75) is 51.7 Å². The van der Waals surface area contributed by atoms with Crippen molar-refractivity contribution in [3.8, 4) is 11.8 Å². The van der Waals surface area contributed by atoms with Crippen molar-refractivity contribution in [3.05, 3.63) is 23.8 Å². The van der Waals surface area contributed by atoms with Gasteiger partial charge in [-0.25, -0.2) is 0 Å². The minimum absolute atomic E-state index is 0.121. The quantitative estimate of drug-likeness (QED) is 0.330. The number of fused-ring (bicyclic) bond motifs is 1. The lowest BCUT2D eigenvalue weighted by atomic mass is 9.89. The molecular weight excluding hydrogens is 336 g/mol. The van der Waals surface area contributed by atoms with Gasteiger partial charge in [-0.15, -0.1) is 11.8 Å². The third-order valence-corrected chi connectivity index (χ3v) is 6.10. The van der Waals surface area contributed by atoms with Gasteiger partial charge in [-0.2, -0.15) is 0 Å². The second-order valence-corrected chi connectivity index (χ2v) is 8.57. The predicted octanol–water partition coefficient (Wildman–Crippen LogP) is 2.44. The van der Waals surface area contributed by atoms with Crippen LogP contribution in [0.4, 0.5) is 0 Å². The highest BCUT2D eigenvalue weighted by Gasteiger charge is 2.44. The Bertz CT molecular complexity index is 573. The lowest BCUT2D eigenvalue weighted by Gasteiger charge is -2.19. The number of nitrogens with zero attached hydrogens (tertiary/aromatic N) is 1. The van der Waals surface area contributed by atoms with Crippen LogP contribution in [0.25, 0.3) is 0 Å². The number of aliphatic hydroxyl groups excluding tert-OH is 2. The maximum absolute atomic E-state index is 10.5. The topological polar surface area (TPSA) is 55.7 Å². The number of hydrogen-bond acceptors (Lipinski definition) is 4. The van der Waals surface area contributed by atoms with Gasteiger partial charge in [-0.3, -0.25) is 0 Å². The van der Waals surface area contributed by atoms with Crippen LogP contribution in [0.2, 0.25) is 0 Å². The zero-order valence-corrected chi connectivity index (χ0v) is 17.5. The zero-order valence-electron chi connectivity index (χ0n) is 17.5. The summed E-state index contributed by atoms with van der Waals surface area (Å²) in [6.07, 6.45) is 9.35. The van der Waals surface area contributed by atoms with E-state index in [1.165, 1.54) is 5.57 Å². The van der Waals surface area contributed by atoms with Gasteiger partial charge in [0.25, 0.3) is 0 Å². The van der Waals surface area contributed by atoms with E-state index >= 15 is 0 Å². The zero-order chi connectivity index (χ0) is 19.8. The second kappa shape index (κ2) is 11.0. The Labute approximate surface area is 165 Å². The monoisotopic (exact) mass is 374 g/mol. The third kappa shape index (κ3) is 6.76. The number of allylic oxidation sites excluding steroid dienone is 1. The average Bonchev–Trinajstić information content (AvgIpc) is 3.13. The van der Waals surface area contributed by atoms with Gasteiger partial charge in [0.2, 0.25) is 0 Å². The van der Waals surface area contributed by atoms with E-state index in [0.29, 0.717) is 18.3 Å². The lowest BCUT2D eigenvalue weighted by Crippen LogP contribution is -2.26. The van der Waals surface area contributed by atoms with E-state index in [0.717, 1.165) is 38.9 Å². The summed E-state index contributed by atoms with van der Waals surface area (Å²) >= 11 is 0. The molecule has 152 valence electrons. The summed E-state index contributed by atoms with van der Waals surface area (Å²) in [5.74, 6) is 7.31. The molecule has 2 rings (SSSR count). The Morgan fingerprint density at radius 1 is 1.33 bits per heavy atom. The fourth-order valence-electron chi connectivity index (χ4n) is 4.38. The number of rotatable bonds is 9. The van der Waals surface area contributed by atoms with Crippen molar-refractivity contribution in [2.75, 3.05) is 33.7 Å². The van der Waals surface area contributed by atoms with Crippen LogP contribution in [0.5, 0.6) is 0 Å². The number of aliphatic hydroxyl groups is 2. The molecule has 0 radical (unpaired) electrons. The van der Waals surface area contributed by atoms with Crippen molar-refractivity contribution in [1.29, 1.82) is 0 Å². The molecule has 3 N–H and O–H groups in total. The third-order valence-electron chi connectivity index (χ3n) is 6.10. The van der Waals surface area contributed by atoms with Crippen LogP contribution in [0.1, 0.15) is 39.5 Å². The van der Waals surface area contributed by atoms with Crippen molar-refractivity contribution in [3.63, 3.8) is 0 Å². The van der Waals surface area contributed by atoms with Gasteiger partial charge in [0.1, 0.15) is 0 Å². The van der Waals surface area contributed by atoms with E-state index in [2.05, 4.69) is 48.3 Å². The summed E-state index contributed by atoms with van der Waals surface area (Å²) in [5.41, 5.74) is 1.53. The van der Waals surface area contributed by atoms with Gasteiger partial charge in [0.05, 0.1) is 12.2 Å². The Morgan fingerprint density at radius 3 is 2.81 bits per heavy atom. The van der Waals surface area contributed by atoms with Gasteiger partial charge in [-0.1, -0.05) is 30.7 Å². The molecule has 0 aliphatic heterocycles. The van der Waals surface area contributed by atoms with Crippen LogP contribution in [0.15, 0.2) is 23.8 Å². The molecule has 0 amide bonds. The molecule has 0 aromatic heterocycles. The molecule has 2 fully saturated rings. The normalized spacial score (nSPS) is 31.3. The summed E-state index contributed by atoms with van der Waals surface area (Å²) < 4.78 is 0. The van der Waals surface area contributed by atoms with Gasteiger partial charge in [0.15, 0.2) is 0 Å². The molecule has 2 aliphatic carbocycles. The summed E-state index contributed by atoms with van der Waals surface area (Å²) in [6, 6.07) is 0. The molecule has 27 heavy (non-hydrogen) atoms. The summed E-state index contributed by atoms with van der Waals surface area (Å²) in [7, 11) is 4.18. The number of nitrogens with one attached hydrogen (secondary N) is 1. The Morgan fingerprint density at radius 2 is 2.11 bits per heavy atom. The minimum atomic E-state index is -0.491. The lowest BCUT2D eigenvalue weighted by molar-refractivity contribution is 0.137. The van der Waals surface area contributed by atoms with Crippen molar-refractivity contribution >= 4 is 0 Å². The maximum Gasteiger partial charge on any atom is 0.0755 e. The number of likely N-dealkylation sites (N-methyl/N-ethyl adjacent to an activating group) is 1. The second-order valence-electron chi connectivity index (χ2n) is 8.57. The highest BCUT2D eigenvalue weighted by molar-refractivity contribution is 5.18. The smallest absolute Gasteiger partial charge is 0.0755 e. The van der Waals surface area contributed by atoms with Gasteiger partial charge in [0, 0.05) is 32.0 Å². The van der Waals surface area contributed by atoms with E-state index in [9.17, 15) is 10.2 Å². The first-order chi connectivity index (χ1) is 12.9. The molecule has 0 unspecified atom stereocenters. The molecular formula is C23H38N2O2. The maximum atomic E-state index is 10.5. The van der Waals surface area contributed by atoms with Crippen LogP contribution in [0, 0.1) is 35.5 Å². The minimum Gasteiger partial charge on any atom is -0.392 e. The average molecular weight is 375 g/mol. The fourth-order valence-corrected chi connectivity index (χ4v) is 4.38. The van der Waals surface area contributed by atoms with Crippen LogP contribution >= 0.6 is 0 Å². The van der Waals surface area contributed by atoms with Crippen molar-refractivity contribution < 1.29 is 10.2 Å². The van der Waals surface area contributed by atoms with E-state index < -0.39 is 6.10 Å². The molecule has 0 bridgehead atoms. The fraction of sp³-hybridized carbons (Fsp3) is 0.739. The highest BCUT2D eigenvalue weighted by atomic mass is 16.3. The Hall–Kier alpha value is -1.12. The predicted molar refractivity (Wildman–Crippen MR) is 112 cm³/mol. The molecule has 0 heterocycles. The summed E-state index contributed by atoms with van der Waals surface area (Å²) in [5, 5.41) is 24.3. The number of hydrogen-bond donors (Lipinski definition) is 3. The molecule has 0 aromatic carbocycles. The molecule has 2 aliphatic rings. The van der Waals surface area contributed by atoms with Crippen LogP contribution in [-0.4, -0.2) is 61.1 Å². The standard InChI is InChI=1S/C23H38N2O2/c1-5-6-7-17(2)22(26)9-8-20-21-15-18(14-19(21)16-23(20)27)10-11-24-12-13-25(3)4/h8-10,17,19-24,26-27H,7,11-16H2,1-4H3/b9-8+,18-10+/t17-,19+,20-,21+,22-,23-/m1/s1. The summed E-state index contributed by atoms with van der Waals surface area (Å²) in [6.45, 7) is 6.84. The van der Waals surface area contributed by atoms with E-state index in [1.807, 2.05) is 19.9 Å². The largest absolute Gasteiger partial charge is 0.392 e. The van der Waals surface area contributed by atoms with E-state index in [-0.39, 0.29) is 17.9 Å². The van der Waals surface area contributed by atoms with Crippen LogP contribution in [0.3, 0.4) is 0 Å². The highest BCUT2D eigenvalue weighted by Crippen LogP contribution is 2.50. The van der Waals surface area contributed by atoms with Gasteiger partial charge in [-0.05, 0) is 58.0 Å². The van der Waals surface area contributed by atoms with Crippen LogP contribution < -0.4 is 5.32 Å². The first-order valence-electron chi connectivity index (χ1n) is 10.4. The molecule has 4 nitrogen and oxygen atoms in total. The van der Waals surface area contributed by atoms with Crippen LogP contribution in [-0.2, 0) is 0 Å².